The van der Waals surface area contributed by atoms with Gasteiger partial charge in [0.25, 0.3) is 0 Å². The van der Waals surface area contributed by atoms with E-state index in [4.69, 9.17) is 4.74 Å². The van der Waals surface area contributed by atoms with E-state index < -0.39 is 0 Å². The number of ether oxygens (including phenoxy) is 1. The molecule has 25 heavy (non-hydrogen) atoms. The van der Waals surface area contributed by atoms with E-state index in [1.165, 1.54) is 5.56 Å². The highest BCUT2D eigenvalue weighted by molar-refractivity contribution is 5.89. The molecule has 5 heteroatoms. The van der Waals surface area contributed by atoms with Crippen LogP contribution in [0.2, 0.25) is 0 Å². The Kier molecular flexibility index (Phi) is 4.40. The maximum atomic E-state index is 13.0. The molecule has 2 aliphatic heterocycles. The topological polar surface area (TPSA) is 49.9 Å². The van der Waals surface area contributed by atoms with Crippen molar-refractivity contribution in [2.45, 2.75) is 50.6 Å². The largest absolute Gasteiger partial charge is 0.497 e. The zero-order valence-electron chi connectivity index (χ0n) is 14.8. The third-order valence-electron chi connectivity index (χ3n) is 5.79. The van der Waals surface area contributed by atoms with Gasteiger partial charge in [-0.3, -0.25) is 9.59 Å². The highest BCUT2D eigenvalue weighted by atomic mass is 16.5. The number of hydrogen-bond acceptors (Lipinski definition) is 3. The minimum atomic E-state index is -0.135. The minimum absolute atomic E-state index is 0.135. The van der Waals surface area contributed by atoms with Crippen LogP contribution in [0.3, 0.4) is 0 Å². The van der Waals surface area contributed by atoms with Crippen LogP contribution in [0, 0.1) is 5.92 Å². The third-order valence-corrected chi connectivity index (χ3v) is 5.79. The van der Waals surface area contributed by atoms with Crippen LogP contribution >= 0.6 is 0 Å². The normalized spacial score (nSPS) is 26.4. The summed E-state index contributed by atoms with van der Waals surface area (Å²) in [6.07, 6.45) is 5.60. The van der Waals surface area contributed by atoms with E-state index in [-0.39, 0.29) is 23.8 Å². The molecule has 3 aliphatic rings. The Morgan fingerprint density at radius 2 is 1.96 bits per heavy atom. The molecule has 0 radical (unpaired) electrons. The second-order valence-corrected chi connectivity index (χ2v) is 7.56. The maximum Gasteiger partial charge on any atom is 0.228 e. The van der Waals surface area contributed by atoms with Crippen molar-refractivity contribution in [3.8, 4) is 5.75 Å². The average molecular weight is 342 g/mol. The Bertz CT molecular complexity index is 653. The van der Waals surface area contributed by atoms with Gasteiger partial charge in [0.1, 0.15) is 5.75 Å². The van der Waals surface area contributed by atoms with Gasteiger partial charge in [-0.1, -0.05) is 12.1 Å². The molecule has 0 aromatic heterocycles. The van der Waals surface area contributed by atoms with Crippen LogP contribution in [-0.2, 0) is 16.0 Å². The molecule has 1 saturated carbocycles. The molecule has 2 saturated heterocycles. The van der Waals surface area contributed by atoms with E-state index in [2.05, 4.69) is 12.1 Å². The molecule has 134 valence electrons. The van der Waals surface area contributed by atoms with Crippen molar-refractivity contribution in [2.24, 2.45) is 5.92 Å². The molecule has 1 aromatic rings. The van der Waals surface area contributed by atoms with E-state index >= 15 is 0 Å². The van der Waals surface area contributed by atoms with Crippen LogP contribution in [0.1, 0.15) is 37.7 Å². The quantitative estimate of drug-likeness (QED) is 0.825. The number of carbonyl (C=O) groups excluding carboxylic acids is 2. The standard InChI is InChI=1S/C20H26N2O3/c1-25-18-8-4-14(5-9-18)11-17-3-2-10-21(17)20(24)15-12-19(23)22(13-15)16-6-7-16/h4-5,8-9,15-17H,2-3,6-7,10-13H2,1H3/t15-,17+/m1/s1. The first-order chi connectivity index (χ1) is 12.2. The summed E-state index contributed by atoms with van der Waals surface area (Å²) in [7, 11) is 1.67. The van der Waals surface area contributed by atoms with Crippen molar-refractivity contribution < 1.29 is 14.3 Å². The van der Waals surface area contributed by atoms with Crippen LogP contribution < -0.4 is 4.74 Å². The summed E-state index contributed by atoms with van der Waals surface area (Å²) in [4.78, 5) is 29.2. The molecule has 1 aliphatic carbocycles. The first kappa shape index (κ1) is 16.4. The first-order valence-electron chi connectivity index (χ1n) is 9.38. The maximum absolute atomic E-state index is 13.0. The summed E-state index contributed by atoms with van der Waals surface area (Å²) in [5, 5.41) is 0. The number of hydrogen-bond donors (Lipinski definition) is 0. The summed E-state index contributed by atoms with van der Waals surface area (Å²) < 4.78 is 5.21. The Labute approximate surface area is 148 Å². The molecule has 0 N–H and O–H groups in total. The third kappa shape index (κ3) is 3.37. The van der Waals surface area contributed by atoms with Gasteiger partial charge in [-0.15, -0.1) is 0 Å². The highest BCUT2D eigenvalue weighted by Crippen LogP contribution is 2.34. The van der Waals surface area contributed by atoms with Crippen LogP contribution in [-0.4, -0.2) is 53.9 Å². The lowest BCUT2D eigenvalue weighted by molar-refractivity contribution is -0.136. The van der Waals surface area contributed by atoms with Crippen LogP contribution in [0.25, 0.3) is 0 Å². The van der Waals surface area contributed by atoms with Gasteiger partial charge >= 0.3 is 0 Å². The predicted molar refractivity (Wildman–Crippen MR) is 94.3 cm³/mol. The Morgan fingerprint density at radius 1 is 1.20 bits per heavy atom. The Balaban J connectivity index is 1.40. The van der Waals surface area contributed by atoms with Crippen LogP contribution in [0.15, 0.2) is 24.3 Å². The van der Waals surface area contributed by atoms with Gasteiger partial charge in [-0.05, 0) is 49.8 Å². The lowest BCUT2D eigenvalue weighted by atomic mass is 10.0. The lowest BCUT2D eigenvalue weighted by Crippen LogP contribution is -2.41. The number of likely N-dealkylation sites (tertiary alicyclic amines) is 2. The summed E-state index contributed by atoms with van der Waals surface area (Å²) in [5.41, 5.74) is 1.23. The van der Waals surface area contributed by atoms with Crippen molar-refractivity contribution in [3.05, 3.63) is 29.8 Å². The average Bonchev–Trinajstić information content (AvgIpc) is 3.24. The van der Waals surface area contributed by atoms with Gasteiger partial charge in [0.2, 0.25) is 11.8 Å². The smallest absolute Gasteiger partial charge is 0.228 e. The van der Waals surface area contributed by atoms with E-state index in [0.717, 1.165) is 44.4 Å². The highest BCUT2D eigenvalue weighted by Gasteiger charge is 2.44. The van der Waals surface area contributed by atoms with Crippen molar-refractivity contribution in [2.75, 3.05) is 20.2 Å². The minimum Gasteiger partial charge on any atom is -0.497 e. The first-order valence-corrected chi connectivity index (χ1v) is 9.38. The molecule has 2 amide bonds. The molecular weight excluding hydrogens is 316 g/mol. The summed E-state index contributed by atoms with van der Waals surface area (Å²) in [5.74, 6) is 1.08. The number of nitrogens with zero attached hydrogens (tertiary/aromatic N) is 2. The molecule has 1 aromatic carbocycles. The SMILES string of the molecule is COc1ccc(C[C@@H]2CCCN2C(=O)[C@@H]2CC(=O)N(C3CC3)C2)cc1. The van der Waals surface area contributed by atoms with Crippen molar-refractivity contribution in [3.63, 3.8) is 0 Å². The van der Waals surface area contributed by atoms with Gasteiger partial charge in [-0.2, -0.15) is 0 Å². The molecular formula is C20H26N2O3. The molecule has 0 unspecified atom stereocenters. The van der Waals surface area contributed by atoms with E-state index in [9.17, 15) is 9.59 Å². The molecule has 2 atom stereocenters. The number of methoxy groups -OCH3 is 1. The van der Waals surface area contributed by atoms with Crippen molar-refractivity contribution in [1.29, 1.82) is 0 Å². The molecule has 2 heterocycles. The lowest BCUT2D eigenvalue weighted by Gasteiger charge is -2.27. The Hall–Kier alpha value is -2.04. The van der Waals surface area contributed by atoms with Crippen molar-refractivity contribution >= 4 is 11.8 Å². The van der Waals surface area contributed by atoms with E-state index in [1.54, 1.807) is 7.11 Å². The number of amides is 2. The van der Waals surface area contributed by atoms with E-state index in [0.29, 0.717) is 19.0 Å². The predicted octanol–water partition coefficient (Wildman–Crippen LogP) is 2.24. The summed E-state index contributed by atoms with van der Waals surface area (Å²) in [6, 6.07) is 8.77. The number of carbonyl (C=O) groups is 2. The molecule has 4 rings (SSSR count). The van der Waals surface area contributed by atoms with E-state index in [1.807, 2.05) is 21.9 Å². The zero-order valence-corrected chi connectivity index (χ0v) is 14.8. The molecule has 3 fully saturated rings. The summed E-state index contributed by atoms with van der Waals surface area (Å²) in [6.45, 7) is 1.46. The van der Waals surface area contributed by atoms with Gasteiger partial charge < -0.3 is 14.5 Å². The summed E-state index contributed by atoms with van der Waals surface area (Å²) >= 11 is 0. The van der Waals surface area contributed by atoms with Crippen LogP contribution in [0.5, 0.6) is 5.75 Å². The molecule has 5 nitrogen and oxygen atoms in total. The second kappa shape index (κ2) is 6.70. The van der Waals surface area contributed by atoms with Crippen molar-refractivity contribution in [1.82, 2.24) is 9.80 Å². The fourth-order valence-corrected chi connectivity index (χ4v) is 4.24. The number of benzene rings is 1. The van der Waals surface area contributed by atoms with Crippen LogP contribution in [0.4, 0.5) is 0 Å². The zero-order chi connectivity index (χ0) is 17.4. The fraction of sp³-hybridized carbons (Fsp3) is 0.600. The second-order valence-electron chi connectivity index (χ2n) is 7.56. The molecule has 0 bridgehead atoms. The van der Waals surface area contributed by atoms with Gasteiger partial charge in [-0.25, -0.2) is 0 Å². The monoisotopic (exact) mass is 342 g/mol. The fourth-order valence-electron chi connectivity index (χ4n) is 4.24. The number of rotatable bonds is 5. The van der Waals surface area contributed by atoms with Gasteiger partial charge in [0.15, 0.2) is 0 Å². The Morgan fingerprint density at radius 3 is 2.64 bits per heavy atom. The van der Waals surface area contributed by atoms with Gasteiger partial charge in [0.05, 0.1) is 13.0 Å². The molecule has 0 spiro atoms. The van der Waals surface area contributed by atoms with Gasteiger partial charge in [0, 0.05) is 31.6 Å².